The molecule has 0 saturated heterocycles. The second-order valence-corrected chi connectivity index (χ2v) is 16.7. The highest BCUT2D eigenvalue weighted by Crippen LogP contribution is 2.36. The summed E-state index contributed by atoms with van der Waals surface area (Å²) in [6, 6.07) is 86.2. The number of anilines is 5. The molecule has 0 aliphatic carbocycles. The van der Waals surface area contributed by atoms with Gasteiger partial charge in [-0.3, -0.25) is 9.13 Å². The molecular weight excluding hydrogens is 913 g/mol. The SMILES string of the molecule is Brc1ccc(-c2nc3cccnc3n2-c2ccccc2)cc1.c1ccc(N(c2ccccc2)c2ccc(-c3nc4cccnc4n3-c3ccccc3)cc2)cc1.c1ccc(Nc2ccccc2)cc1. The van der Waals surface area contributed by atoms with Gasteiger partial charge in [-0.15, -0.1) is 0 Å². The molecule has 69 heavy (non-hydrogen) atoms. The van der Waals surface area contributed by atoms with E-state index in [0.29, 0.717) is 0 Å². The van der Waals surface area contributed by atoms with Crippen LogP contribution in [0.2, 0.25) is 0 Å². The molecule has 4 aromatic heterocycles. The fourth-order valence-electron chi connectivity index (χ4n) is 8.02. The normalized spacial score (nSPS) is 10.7. The molecule has 0 atom stereocenters. The summed E-state index contributed by atoms with van der Waals surface area (Å²) in [5.74, 6) is 1.77. The zero-order chi connectivity index (χ0) is 46.6. The Balaban J connectivity index is 0.000000134. The van der Waals surface area contributed by atoms with E-state index in [1.807, 2.05) is 152 Å². The number of imidazole rings is 2. The third kappa shape index (κ3) is 10.2. The number of hydrogen-bond donors (Lipinski definition) is 1. The van der Waals surface area contributed by atoms with Gasteiger partial charge in [0.15, 0.2) is 11.3 Å². The first kappa shape index (κ1) is 43.9. The highest BCUT2D eigenvalue weighted by atomic mass is 79.9. The molecule has 4 heterocycles. The third-order valence-electron chi connectivity index (χ3n) is 11.2. The number of hydrogen-bond acceptors (Lipinski definition) is 6. The first-order chi connectivity index (χ1) is 34.2. The van der Waals surface area contributed by atoms with Crippen LogP contribution in [-0.4, -0.2) is 29.1 Å². The summed E-state index contributed by atoms with van der Waals surface area (Å²) in [7, 11) is 0. The Morgan fingerprint density at radius 2 is 0.696 bits per heavy atom. The molecule has 332 valence electrons. The molecule has 0 saturated carbocycles. The van der Waals surface area contributed by atoms with Crippen LogP contribution in [0, 0.1) is 0 Å². The molecule has 0 unspecified atom stereocenters. The van der Waals surface area contributed by atoms with E-state index in [4.69, 9.17) is 9.97 Å². The summed E-state index contributed by atoms with van der Waals surface area (Å²) in [4.78, 5) is 21.1. The lowest BCUT2D eigenvalue weighted by molar-refractivity contribution is 1.08. The van der Waals surface area contributed by atoms with Crippen LogP contribution in [0.3, 0.4) is 0 Å². The van der Waals surface area contributed by atoms with Crippen molar-refractivity contribution in [1.82, 2.24) is 29.1 Å². The molecule has 8 aromatic carbocycles. The quantitative estimate of drug-likeness (QED) is 0.155. The molecule has 0 aliphatic rings. The molecular formula is C60H45BrN8. The summed E-state index contributed by atoms with van der Waals surface area (Å²) in [6.07, 6.45) is 3.61. The van der Waals surface area contributed by atoms with Crippen molar-refractivity contribution in [2.45, 2.75) is 0 Å². The Bertz CT molecular complexity index is 3420. The number of rotatable bonds is 9. The smallest absolute Gasteiger partial charge is 0.164 e. The van der Waals surface area contributed by atoms with Gasteiger partial charge in [0.25, 0.3) is 0 Å². The molecule has 0 amide bonds. The maximum atomic E-state index is 4.94. The highest BCUT2D eigenvalue weighted by molar-refractivity contribution is 9.10. The second-order valence-electron chi connectivity index (χ2n) is 15.8. The fourth-order valence-corrected chi connectivity index (χ4v) is 8.29. The fraction of sp³-hybridized carbons (Fsp3) is 0. The Hall–Kier alpha value is -8.92. The van der Waals surface area contributed by atoms with E-state index in [2.05, 4.69) is 154 Å². The number of halogens is 1. The molecule has 0 bridgehead atoms. The molecule has 0 fully saturated rings. The van der Waals surface area contributed by atoms with Crippen LogP contribution in [0.5, 0.6) is 0 Å². The van der Waals surface area contributed by atoms with E-state index < -0.39 is 0 Å². The van der Waals surface area contributed by atoms with Crippen LogP contribution < -0.4 is 10.2 Å². The van der Waals surface area contributed by atoms with Crippen LogP contribution in [0.4, 0.5) is 28.4 Å². The lowest BCUT2D eigenvalue weighted by Crippen LogP contribution is -2.09. The molecule has 12 rings (SSSR count). The van der Waals surface area contributed by atoms with E-state index in [1.54, 1.807) is 6.20 Å². The van der Waals surface area contributed by atoms with E-state index in [-0.39, 0.29) is 0 Å². The number of nitrogens with one attached hydrogen (secondary N) is 1. The number of aromatic nitrogens is 6. The molecule has 0 spiro atoms. The van der Waals surface area contributed by atoms with Gasteiger partial charge >= 0.3 is 0 Å². The summed E-state index contributed by atoms with van der Waals surface area (Å²) < 4.78 is 5.27. The van der Waals surface area contributed by atoms with Gasteiger partial charge in [-0.25, -0.2) is 19.9 Å². The van der Waals surface area contributed by atoms with Gasteiger partial charge in [-0.1, -0.05) is 137 Å². The van der Waals surface area contributed by atoms with Gasteiger partial charge in [0.05, 0.1) is 0 Å². The van der Waals surface area contributed by atoms with Crippen molar-refractivity contribution in [2.24, 2.45) is 0 Å². The van der Waals surface area contributed by atoms with E-state index >= 15 is 0 Å². The van der Waals surface area contributed by atoms with Crippen LogP contribution in [0.1, 0.15) is 0 Å². The number of nitrogens with zero attached hydrogens (tertiary/aromatic N) is 7. The van der Waals surface area contributed by atoms with Crippen LogP contribution >= 0.6 is 15.9 Å². The minimum atomic E-state index is 0.850. The van der Waals surface area contributed by atoms with Crippen molar-refractivity contribution in [3.8, 4) is 34.2 Å². The molecule has 9 heteroatoms. The molecule has 0 aliphatic heterocycles. The van der Waals surface area contributed by atoms with Gasteiger partial charge in [-0.05, 0) is 133 Å². The predicted octanol–water partition coefficient (Wildman–Crippen LogP) is 15.8. The lowest BCUT2D eigenvalue weighted by Gasteiger charge is -2.25. The Kier molecular flexibility index (Phi) is 13.5. The van der Waals surface area contributed by atoms with Crippen molar-refractivity contribution in [2.75, 3.05) is 10.2 Å². The second kappa shape index (κ2) is 21.1. The lowest BCUT2D eigenvalue weighted by atomic mass is 10.1. The highest BCUT2D eigenvalue weighted by Gasteiger charge is 2.18. The van der Waals surface area contributed by atoms with Crippen molar-refractivity contribution in [3.63, 3.8) is 0 Å². The van der Waals surface area contributed by atoms with E-state index in [1.165, 1.54) is 0 Å². The van der Waals surface area contributed by atoms with Crippen molar-refractivity contribution < 1.29 is 0 Å². The van der Waals surface area contributed by atoms with Gasteiger partial charge < -0.3 is 10.2 Å². The van der Waals surface area contributed by atoms with Gasteiger partial charge in [0.1, 0.15) is 22.7 Å². The molecule has 1 N–H and O–H groups in total. The number of pyridine rings is 2. The van der Waals surface area contributed by atoms with Crippen LogP contribution in [0.25, 0.3) is 56.5 Å². The average Bonchev–Trinajstić information content (AvgIpc) is 4.01. The Morgan fingerprint density at radius 1 is 0.348 bits per heavy atom. The van der Waals surface area contributed by atoms with Crippen molar-refractivity contribution in [1.29, 1.82) is 0 Å². The van der Waals surface area contributed by atoms with E-state index in [0.717, 1.165) is 89.4 Å². The monoisotopic (exact) mass is 956 g/mol. The van der Waals surface area contributed by atoms with Gasteiger partial charge in [0.2, 0.25) is 0 Å². The Labute approximate surface area is 409 Å². The van der Waals surface area contributed by atoms with Gasteiger partial charge in [-0.2, -0.15) is 0 Å². The molecule has 12 aromatic rings. The summed E-state index contributed by atoms with van der Waals surface area (Å²) in [5, 5.41) is 3.30. The summed E-state index contributed by atoms with van der Waals surface area (Å²) >= 11 is 3.48. The largest absolute Gasteiger partial charge is 0.356 e. The maximum Gasteiger partial charge on any atom is 0.164 e. The zero-order valence-corrected chi connectivity index (χ0v) is 39.0. The average molecular weight is 958 g/mol. The Morgan fingerprint density at radius 3 is 1.10 bits per heavy atom. The third-order valence-corrected chi connectivity index (χ3v) is 11.7. The van der Waals surface area contributed by atoms with Gasteiger partial charge in [0, 0.05) is 67.8 Å². The topological polar surface area (TPSA) is 76.7 Å². The minimum absolute atomic E-state index is 0.850. The maximum absolute atomic E-state index is 4.94. The van der Waals surface area contributed by atoms with Crippen LogP contribution in [0.15, 0.2) is 272 Å². The predicted molar refractivity (Wildman–Crippen MR) is 287 cm³/mol. The van der Waals surface area contributed by atoms with Crippen LogP contribution in [-0.2, 0) is 0 Å². The van der Waals surface area contributed by atoms with E-state index in [9.17, 15) is 0 Å². The summed E-state index contributed by atoms with van der Waals surface area (Å²) in [5.41, 5.74) is 13.2. The first-order valence-corrected chi connectivity index (χ1v) is 23.4. The minimum Gasteiger partial charge on any atom is -0.356 e. The molecule has 8 nitrogen and oxygen atoms in total. The van der Waals surface area contributed by atoms with Crippen molar-refractivity contribution in [3.05, 3.63) is 272 Å². The number of para-hydroxylation sites is 6. The standard InChI is InChI=1S/C30H22N4.C18H12BrN3.C12H11N/c1-4-11-24(12-5-1)33(25-13-6-2-7-14-25)27-20-18-23(19-21-27)29-32-28-17-10-22-31-30(28)34(29)26-15-8-3-9-16-26;19-14-10-8-13(9-11-14)17-21-16-7-4-12-20-18(16)22(17)15-5-2-1-3-6-15;1-3-7-11(8-4-1)13-12-9-5-2-6-10-12/h1-22H;1-12H;1-10,13H. The molecule has 0 radical (unpaired) electrons. The first-order valence-electron chi connectivity index (χ1n) is 22.6. The number of benzene rings is 8. The number of fused-ring (bicyclic) bond motifs is 2. The summed E-state index contributed by atoms with van der Waals surface area (Å²) in [6.45, 7) is 0. The van der Waals surface area contributed by atoms with Crippen molar-refractivity contribution >= 4 is 66.7 Å². The zero-order valence-electron chi connectivity index (χ0n) is 37.4.